The number of nitrogens with one attached hydrogen (secondary N) is 1. The van der Waals surface area contributed by atoms with Gasteiger partial charge >= 0.3 is 0 Å². The minimum Gasteiger partial charge on any atom is -0.506 e. The van der Waals surface area contributed by atoms with E-state index in [0.717, 1.165) is 18.4 Å². The molecule has 0 unspecified atom stereocenters. The summed E-state index contributed by atoms with van der Waals surface area (Å²) in [5.41, 5.74) is 1.18. The summed E-state index contributed by atoms with van der Waals surface area (Å²) >= 11 is 0. The van der Waals surface area contributed by atoms with Gasteiger partial charge in [0, 0.05) is 0 Å². The molecule has 1 aliphatic carbocycles. The van der Waals surface area contributed by atoms with Gasteiger partial charge in [-0.2, -0.15) is 0 Å². The third-order valence-corrected chi connectivity index (χ3v) is 5.00. The molecule has 0 aromatic heterocycles. The Bertz CT molecular complexity index is 504. The maximum Gasteiger partial charge on any atom is 0.235 e. The zero-order valence-electron chi connectivity index (χ0n) is 9.81. The van der Waals surface area contributed by atoms with E-state index in [2.05, 4.69) is 4.72 Å². The first-order valence-electron chi connectivity index (χ1n) is 5.80. The molecule has 1 saturated carbocycles. The van der Waals surface area contributed by atoms with Crippen LogP contribution in [0.1, 0.15) is 31.2 Å². The van der Waals surface area contributed by atoms with E-state index >= 15 is 0 Å². The summed E-state index contributed by atoms with van der Waals surface area (Å²) in [6.07, 6.45) is 3.35. The van der Waals surface area contributed by atoms with Crippen molar-refractivity contribution in [3.63, 3.8) is 0 Å². The van der Waals surface area contributed by atoms with E-state index in [1.807, 2.05) is 6.92 Å². The molecule has 0 radical (unpaired) electrons. The van der Waals surface area contributed by atoms with Gasteiger partial charge in [0.05, 0.1) is 10.9 Å². The lowest BCUT2D eigenvalue weighted by Crippen LogP contribution is -2.25. The van der Waals surface area contributed by atoms with Gasteiger partial charge in [0.1, 0.15) is 5.75 Å². The van der Waals surface area contributed by atoms with Crippen molar-refractivity contribution in [2.45, 2.75) is 37.9 Å². The highest BCUT2D eigenvalue weighted by atomic mass is 32.2. The molecule has 94 valence electrons. The van der Waals surface area contributed by atoms with Gasteiger partial charge in [0.15, 0.2) is 0 Å². The van der Waals surface area contributed by atoms with Crippen LogP contribution in [0.5, 0.6) is 5.75 Å². The van der Waals surface area contributed by atoms with Crippen molar-refractivity contribution in [1.29, 1.82) is 0 Å². The highest BCUT2D eigenvalue weighted by Crippen LogP contribution is 2.30. The summed E-state index contributed by atoms with van der Waals surface area (Å²) in [6, 6.07) is 4.88. The Hall–Kier alpha value is -1.23. The van der Waals surface area contributed by atoms with Crippen LogP contribution in [0.25, 0.3) is 0 Å². The first kappa shape index (κ1) is 12.2. The molecular weight excluding hydrogens is 238 g/mol. The summed E-state index contributed by atoms with van der Waals surface area (Å²) in [7, 11) is -3.36. The van der Waals surface area contributed by atoms with Crippen molar-refractivity contribution in [1.82, 2.24) is 0 Å². The zero-order chi connectivity index (χ0) is 12.5. The van der Waals surface area contributed by atoms with Crippen LogP contribution in [-0.2, 0) is 10.0 Å². The molecule has 0 amide bonds. The molecule has 0 bridgehead atoms. The van der Waals surface area contributed by atoms with Crippen LogP contribution >= 0.6 is 0 Å². The number of aromatic hydroxyl groups is 1. The van der Waals surface area contributed by atoms with Gasteiger partial charge in [-0.25, -0.2) is 8.42 Å². The van der Waals surface area contributed by atoms with Gasteiger partial charge in [-0.15, -0.1) is 0 Å². The van der Waals surface area contributed by atoms with Crippen LogP contribution in [0.2, 0.25) is 0 Å². The fourth-order valence-corrected chi connectivity index (χ4v) is 3.76. The monoisotopic (exact) mass is 255 g/mol. The number of hydrogen-bond donors (Lipinski definition) is 2. The molecule has 4 nitrogen and oxygen atoms in total. The van der Waals surface area contributed by atoms with Crippen molar-refractivity contribution < 1.29 is 13.5 Å². The highest BCUT2D eigenvalue weighted by molar-refractivity contribution is 7.93. The van der Waals surface area contributed by atoms with E-state index in [-0.39, 0.29) is 16.7 Å². The van der Waals surface area contributed by atoms with Crippen molar-refractivity contribution in [3.05, 3.63) is 23.8 Å². The van der Waals surface area contributed by atoms with Gasteiger partial charge in [0.2, 0.25) is 10.0 Å². The predicted octanol–water partition coefficient (Wildman–Crippen LogP) is 2.38. The number of anilines is 1. The molecule has 1 fully saturated rings. The van der Waals surface area contributed by atoms with Crippen molar-refractivity contribution >= 4 is 15.7 Å². The Labute approximate surface area is 102 Å². The fraction of sp³-hybridized carbons (Fsp3) is 0.500. The maximum absolute atomic E-state index is 12.0. The molecule has 0 atom stereocenters. The molecule has 0 spiro atoms. The summed E-state index contributed by atoms with van der Waals surface area (Å²) in [6.45, 7) is 1.85. The van der Waals surface area contributed by atoms with Crippen LogP contribution in [0.3, 0.4) is 0 Å². The van der Waals surface area contributed by atoms with Crippen LogP contribution in [0.15, 0.2) is 18.2 Å². The van der Waals surface area contributed by atoms with Gasteiger partial charge < -0.3 is 5.11 Å². The Kier molecular flexibility index (Phi) is 3.28. The standard InChI is InChI=1S/C12H17NO3S/c1-9-6-7-12(14)11(8-9)13-17(15,16)10-4-2-3-5-10/h6-8,10,13-14H,2-5H2,1H3. The second-order valence-corrected chi connectivity index (χ2v) is 6.53. The summed E-state index contributed by atoms with van der Waals surface area (Å²) in [5.74, 6) is -0.0304. The number of rotatable bonds is 3. The van der Waals surface area contributed by atoms with Crippen LogP contribution in [0, 0.1) is 6.92 Å². The number of phenols is 1. The second-order valence-electron chi connectivity index (χ2n) is 4.57. The van der Waals surface area contributed by atoms with E-state index < -0.39 is 10.0 Å². The topological polar surface area (TPSA) is 66.4 Å². The minimum absolute atomic E-state index is 0.0304. The number of benzene rings is 1. The average Bonchev–Trinajstić information content (AvgIpc) is 2.77. The molecule has 1 aromatic rings. The summed E-state index contributed by atoms with van der Waals surface area (Å²) in [4.78, 5) is 0. The SMILES string of the molecule is Cc1ccc(O)c(NS(=O)(=O)C2CCCC2)c1. The third-order valence-electron chi connectivity index (χ3n) is 3.15. The average molecular weight is 255 g/mol. The Morgan fingerprint density at radius 2 is 1.94 bits per heavy atom. The van der Waals surface area contributed by atoms with E-state index in [0.29, 0.717) is 12.8 Å². The number of sulfonamides is 1. The number of hydrogen-bond acceptors (Lipinski definition) is 3. The molecule has 1 aromatic carbocycles. The lowest BCUT2D eigenvalue weighted by Gasteiger charge is -2.14. The molecule has 5 heteroatoms. The smallest absolute Gasteiger partial charge is 0.235 e. The first-order chi connectivity index (χ1) is 7.99. The molecular formula is C12H17NO3S. The fourth-order valence-electron chi connectivity index (χ4n) is 2.17. The van der Waals surface area contributed by atoms with Gasteiger partial charge in [0.25, 0.3) is 0 Å². The second kappa shape index (κ2) is 4.56. The molecule has 2 rings (SSSR count). The van der Waals surface area contributed by atoms with E-state index in [1.54, 1.807) is 12.1 Å². The lowest BCUT2D eigenvalue weighted by molar-refractivity contribution is 0.477. The normalized spacial score (nSPS) is 17.2. The van der Waals surface area contributed by atoms with Crippen molar-refractivity contribution in [2.75, 3.05) is 4.72 Å². The van der Waals surface area contributed by atoms with Crippen LogP contribution in [-0.4, -0.2) is 18.8 Å². The molecule has 0 aliphatic heterocycles. The highest BCUT2D eigenvalue weighted by Gasteiger charge is 2.29. The minimum atomic E-state index is -3.36. The predicted molar refractivity (Wildman–Crippen MR) is 67.6 cm³/mol. The van der Waals surface area contributed by atoms with Crippen molar-refractivity contribution in [2.24, 2.45) is 0 Å². The first-order valence-corrected chi connectivity index (χ1v) is 7.35. The van der Waals surface area contributed by atoms with Crippen LogP contribution < -0.4 is 4.72 Å². The van der Waals surface area contributed by atoms with Gasteiger partial charge in [-0.3, -0.25) is 4.72 Å². The third kappa shape index (κ3) is 2.72. The molecule has 0 heterocycles. The Morgan fingerprint density at radius 3 is 2.59 bits per heavy atom. The largest absolute Gasteiger partial charge is 0.506 e. The zero-order valence-corrected chi connectivity index (χ0v) is 10.6. The number of phenolic OH excluding ortho intramolecular Hbond substituents is 1. The molecule has 2 N–H and O–H groups in total. The van der Waals surface area contributed by atoms with E-state index in [9.17, 15) is 13.5 Å². The molecule has 0 saturated heterocycles. The van der Waals surface area contributed by atoms with E-state index in [1.165, 1.54) is 6.07 Å². The quantitative estimate of drug-likeness (QED) is 0.815. The maximum atomic E-state index is 12.0. The van der Waals surface area contributed by atoms with Crippen LogP contribution in [0.4, 0.5) is 5.69 Å². The summed E-state index contributed by atoms with van der Waals surface area (Å²) < 4.78 is 26.6. The van der Waals surface area contributed by atoms with Gasteiger partial charge in [-0.1, -0.05) is 18.9 Å². The number of aryl methyl sites for hydroxylation is 1. The Balaban J connectivity index is 2.22. The van der Waals surface area contributed by atoms with E-state index in [4.69, 9.17) is 0 Å². The summed E-state index contributed by atoms with van der Waals surface area (Å²) in [5, 5.41) is 9.30. The van der Waals surface area contributed by atoms with Crippen molar-refractivity contribution in [3.8, 4) is 5.75 Å². The molecule has 17 heavy (non-hydrogen) atoms. The lowest BCUT2D eigenvalue weighted by atomic mass is 10.2. The Morgan fingerprint density at radius 1 is 1.29 bits per heavy atom. The molecule has 1 aliphatic rings. The van der Waals surface area contributed by atoms with Gasteiger partial charge in [-0.05, 0) is 37.5 Å².